The molecule has 0 saturated carbocycles. The van der Waals surface area contributed by atoms with Crippen molar-refractivity contribution in [3.8, 4) is 0 Å². The number of rotatable bonds is 2. The van der Waals surface area contributed by atoms with Crippen LogP contribution in [0.15, 0.2) is 17.9 Å². The summed E-state index contributed by atoms with van der Waals surface area (Å²) in [5.41, 5.74) is 0.849. The van der Waals surface area contributed by atoms with Crippen LogP contribution in [0.4, 0.5) is 0 Å². The molecule has 1 aromatic rings. The van der Waals surface area contributed by atoms with Crippen LogP contribution in [0.1, 0.15) is 17.6 Å². The summed E-state index contributed by atoms with van der Waals surface area (Å²) in [5, 5.41) is 2.69. The van der Waals surface area contributed by atoms with E-state index in [9.17, 15) is 0 Å². The van der Waals surface area contributed by atoms with Crippen molar-refractivity contribution < 1.29 is 9.47 Å². The fourth-order valence-electron chi connectivity index (χ4n) is 1.02. The van der Waals surface area contributed by atoms with Crippen LogP contribution >= 0.6 is 22.9 Å². The summed E-state index contributed by atoms with van der Waals surface area (Å²) in [6.07, 6.45) is 3.03. The second kappa shape index (κ2) is 3.20. The summed E-state index contributed by atoms with van der Waals surface area (Å²) in [7, 11) is 0. The molecule has 0 radical (unpaired) electrons. The molecule has 0 unspecified atom stereocenters. The molecule has 3 nitrogen and oxygen atoms in total. The molecule has 13 heavy (non-hydrogen) atoms. The van der Waals surface area contributed by atoms with Crippen LogP contribution in [0.25, 0.3) is 0 Å². The molecule has 0 amide bonds. The molecule has 0 aromatic carbocycles. The molecule has 0 N–H and O–H groups in total. The Morgan fingerprint density at radius 1 is 1.54 bits per heavy atom. The SMILES string of the molecule is CC1(c2nc(CCl)cs2)OC=CO1. The van der Waals surface area contributed by atoms with Gasteiger partial charge in [0.1, 0.15) is 12.5 Å². The van der Waals surface area contributed by atoms with Gasteiger partial charge in [-0.1, -0.05) is 0 Å². The molecule has 0 aliphatic carbocycles. The Balaban J connectivity index is 2.24. The second-order valence-corrected chi connectivity index (χ2v) is 3.86. The maximum atomic E-state index is 5.64. The van der Waals surface area contributed by atoms with E-state index in [-0.39, 0.29) is 0 Å². The minimum Gasteiger partial charge on any atom is -0.451 e. The third kappa shape index (κ3) is 1.51. The lowest BCUT2D eigenvalue weighted by atomic mass is 10.3. The first-order valence-electron chi connectivity index (χ1n) is 3.76. The number of thiazole rings is 1. The van der Waals surface area contributed by atoms with Gasteiger partial charge in [-0.05, 0) is 0 Å². The topological polar surface area (TPSA) is 31.4 Å². The zero-order chi connectivity index (χ0) is 9.31. The van der Waals surface area contributed by atoms with Crippen molar-refractivity contribution in [1.29, 1.82) is 0 Å². The van der Waals surface area contributed by atoms with Crippen LogP contribution in [0.2, 0.25) is 0 Å². The van der Waals surface area contributed by atoms with Gasteiger partial charge in [-0.25, -0.2) is 4.98 Å². The number of hydrogen-bond donors (Lipinski definition) is 0. The maximum Gasteiger partial charge on any atom is 0.300 e. The van der Waals surface area contributed by atoms with E-state index in [2.05, 4.69) is 4.98 Å². The average Bonchev–Trinajstić information content (AvgIpc) is 2.72. The van der Waals surface area contributed by atoms with Gasteiger partial charge in [0.25, 0.3) is 0 Å². The van der Waals surface area contributed by atoms with Gasteiger partial charge in [-0.15, -0.1) is 22.9 Å². The number of ether oxygens (including phenoxy) is 2. The van der Waals surface area contributed by atoms with Crippen molar-refractivity contribution in [2.45, 2.75) is 18.6 Å². The lowest BCUT2D eigenvalue weighted by Gasteiger charge is -2.19. The normalized spacial score (nSPS) is 18.3. The monoisotopic (exact) mass is 217 g/mol. The van der Waals surface area contributed by atoms with E-state index in [1.54, 1.807) is 0 Å². The van der Waals surface area contributed by atoms with Gasteiger partial charge in [0.2, 0.25) is 0 Å². The molecular weight excluding hydrogens is 210 g/mol. The smallest absolute Gasteiger partial charge is 0.300 e. The molecule has 2 rings (SSSR count). The molecule has 0 fully saturated rings. The average molecular weight is 218 g/mol. The molecule has 0 bridgehead atoms. The Morgan fingerprint density at radius 2 is 2.23 bits per heavy atom. The summed E-state index contributed by atoms with van der Waals surface area (Å²) >= 11 is 7.12. The van der Waals surface area contributed by atoms with E-state index >= 15 is 0 Å². The molecule has 1 aromatic heterocycles. The van der Waals surface area contributed by atoms with E-state index in [4.69, 9.17) is 21.1 Å². The number of aromatic nitrogens is 1. The van der Waals surface area contributed by atoms with Gasteiger partial charge >= 0.3 is 5.79 Å². The van der Waals surface area contributed by atoms with Crippen molar-refractivity contribution in [3.05, 3.63) is 28.6 Å². The van der Waals surface area contributed by atoms with E-state index in [0.717, 1.165) is 10.7 Å². The second-order valence-electron chi connectivity index (χ2n) is 2.73. The van der Waals surface area contributed by atoms with Crippen LogP contribution in [0, 0.1) is 0 Å². The Bertz CT molecular complexity index is 329. The molecule has 1 aliphatic rings. The first-order chi connectivity index (χ1) is 6.24. The lowest BCUT2D eigenvalue weighted by Crippen LogP contribution is -2.21. The van der Waals surface area contributed by atoms with Gasteiger partial charge in [0, 0.05) is 12.3 Å². The maximum absolute atomic E-state index is 5.64. The highest BCUT2D eigenvalue weighted by Crippen LogP contribution is 2.33. The highest BCUT2D eigenvalue weighted by molar-refractivity contribution is 7.09. The quantitative estimate of drug-likeness (QED) is 0.714. The third-order valence-corrected chi connectivity index (χ3v) is 3.07. The van der Waals surface area contributed by atoms with Crippen LogP contribution in [-0.2, 0) is 21.1 Å². The molecule has 0 atom stereocenters. The van der Waals surface area contributed by atoms with E-state index in [1.807, 2.05) is 12.3 Å². The Hall–Kier alpha value is -0.740. The van der Waals surface area contributed by atoms with Gasteiger partial charge in [-0.3, -0.25) is 0 Å². The van der Waals surface area contributed by atoms with Crippen molar-refractivity contribution in [2.75, 3.05) is 0 Å². The summed E-state index contributed by atoms with van der Waals surface area (Å²) < 4.78 is 10.6. The summed E-state index contributed by atoms with van der Waals surface area (Å²) in [5.74, 6) is -0.338. The minimum atomic E-state index is -0.755. The summed E-state index contributed by atoms with van der Waals surface area (Å²) in [4.78, 5) is 4.28. The first kappa shape index (κ1) is 8.84. The van der Waals surface area contributed by atoms with Gasteiger partial charge in [0.15, 0.2) is 5.01 Å². The molecule has 0 saturated heterocycles. The number of hydrogen-bond acceptors (Lipinski definition) is 4. The van der Waals surface area contributed by atoms with Gasteiger partial charge < -0.3 is 9.47 Å². The van der Waals surface area contributed by atoms with Gasteiger partial charge in [0.05, 0.1) is 11.6 Å². The van der Waals surface area contributed by atoms with Gasteiger partial charge in [-0.2, -0.15) is 0 Å². The standard InChI is InChI=1S/C8H8ClNO2S/c1-8(11-2-3-12-8)7-10-6(4-9)5-13-7/h2-3,5H,4H2,1H3. The third-order valence-electron chi connectivity index (χ3n) is 1.72. The zero-order valence-electron chi connectivity index (χ0n) is 6.99. The molecule has 70 valence electrons. The Kier molecular flexibility index (Phi) is 2.17. The predicted octanol–water partition coefficient (Wildman–Crippen LogP) is 2.57. The van der Waals surface area contributed by atoms with Crippen LogP contribution < -0.4 is 0 Å². The lowest BCUT2D eigenvalue weighted by molar-refractivity contribution is -0.133. The van der Waals surface area contributed by atoms with Crippen molar-refractivity contribution in [2.24, 2.45) is 0 Å². The van der Waals surface area contributed by atoms with Crippen molar-refractivity contribution >= 4 is 22.9 Å². The van der Waals surface area contributed by atoms with E-state index in [1.165, 1.54) is 23.9 Å². The predicted molar refractivity (Wildman–Crippen MR) is 50.3 cm³/mol. The number of nitrogens with zero attached hydrogens (tertiary/aromatic N) is 1. The number of alkyl halides is 1. The fraction of sp³-hybridized carbons (Fsp3) is 0.375. The molecular formula is C8H8ClNO2S. The summed E-state index contributed by atoms with van der Waals surface area (Å²) in [6.45, 7) is 1.82. The molecule has 1 aliphatic heterocycles. The van der Waals surface area contributed by atoms with Crippen LogP contribution in [-0.4, -0.2) is 4.98 Å². The molecule has 0 spiro atoms. The van der Waals surface area contributed by atoms with E-state index < -0.39 is 5.79 Å². The molecule has 5 heteroatoms. The van der Waals surface area contributed by atoms with Crippen molar-refractivity contribution in [3.63, 3.8) is 0 Å². The summed E-state index contributed by atoms with van der Waals surface area (Å²) in [6, 6.07) is 0. The minimum absolute atomic E-state index is 0.417. The fourth-order valence-corrected chi connectivity index (χ4v) is 2.11. The highest BCUT2D eigenvalue weighted by Gasteiger charge is 2.35. The Labute approximate surface area is 85.0 Å². The largest absolute Gasteiger partial charge is 0.451 e. The van der Waals surface area contributed by atoms with E-state index in [0.29, 0.717) is 5.88 Å². The first-order valence-corrected chi connectivity index (χ1v) is 5.17. The zero-order valence-corrected chi connectivity index (χ0v) is 8.56. The van der Waals surface area contributed by atoms with Crippen LogP contribution in [0.5, 0.6) is 0 Å². The highest BCUT2D eigenvalue weighted by atomic mass is 35.5. The Morgan fingerprint density at radius 3 is 2.77 bits per heavy atom. The molecule has 2 heterocycles. The number of halogens is 1. The van der Waals surface area contributed by atoms with Crippen LogP contribution in [0.3, 0.4) is 0 Å². The van der Waals surface area contributed by atoms with Crippen molar-refractivity contribution in [1.82, 2.24) is 4.98 Å².